The second-order valence-electron chi connectivity index (χ2n) is 7.43. The second-order valence-corrected chi connectivity index (χ2v) is 10.2. The number of cyclic esters (lactones) is 1. The Labute approximate surface area is 177 Å². The molecule has 1 aromatic heterocycles. The molecular weight excluding hydrogens is 427 g/mol. The highest BCUT2D eigenvalue weighted by Crippen LogP contribution is 2.35. The van der Waals surface area contributed by atoms with E-state index in [1.54, 1.807) is 16.3 Å². The van der Waals surface area contributed by atoms with Crippen LogP contribution in [0, 0.1) is 5.82 Å². The summed E-state index contributed by atoms with van der Waals surface area (Å²) in [5, 5.41) is 2.43. The molecule has 2 aliphatic rings. The molecule has 2 aliphatic heterocycles. The van der Waals surface area contributed by atoms with E-state index in [0.29, 0.717) is 42.1 Å². The number of anilines is 1. The van der Waals surface area contributed by atoms with Crippen molar-refractivity contribution in [3.8, 4) is 0 Å². The molecule has 0 radical (unpaired) electrons. The molecule has 1 fully saturated rings. The van der Waals surface area contributed by atoms with Gasteiger partial charge in [-0.1, -0.05) is 18.2 Å². The van der Waals surface area contributed by atoms with Crippen molar-refractivity contribution in [2.24, 2.45) is 0 Å². The first-order chi connectivity index (χ1) is 14.4. The first kappa shape index (κ1) is 19.5. The number of fused-ring (bicyclic) bond motifs is 2. The summed E-state index contributed by atoms with van der Waals surface area (Å²) in [7, 11) is -3.62. The van der Waals surface area contributed by atoms with Crippen molar-refractivity contribution in [2.45, 2.75) is 30.4 Å². The Kier molecular flexibility index (Phi) is 4.76. The lowest BCUT2D eigenvalue weighted by atomic mass is 10.0. The van der Waals surface area contributed by atoms with Gasteiger partial charge in [-0.15, -0.1) is 11.3 Å². The van der Waals surface area contributed by atoms with Gasteiger partial charge in [0.15, 0.2) is 0 Å². The first-order valence-electron chi connectivity index (χ1n) is 9.66. The predicted octanol–water partition coefficient (Wildman–Crippen LogP) is 4.35. The van der Waals surface area contributed by atoms with Gasteiger partial charge in [-0.3, -0.25) is 4.90 Å². The van der Waals surface area contributed by atoms with E-state index in [1.165, 1.54) is 27.8 Å². The highest BCUT2D eigenvalue weighted by atomic mass is 32.2. The molecule has 0 N–H and O–H groups in total. The third-order valence-corrected chi connectivity index (χ3v) is 8.75. The van der Waals surface area contributed by atoms with Crippen LogP contribution < -0.4 is 4.90 Å². The number of amides is 1. The average molecular weight is 447 g/mol. The fourth-order valence-electron chi connectivity index (χ4n) is 4.19. The van der Waals surface area contributed by atoms with Crippen LogP contribution in [0.3, 0.4) is 0 Å². The Bertz CT molecular complexity index is 1230. The standard InChI is InChI=1S/C21H19FN2O4S2/c22-15-5-6-18-14(11-15)12-28-21(25)24(18)16-7-9-23(10-8-16)30(26,27)20-13-29-19-4-2-1-3-17(19)20/h1-6,11,13,16H,7-10,12H2. The van der Waals surface area contributed by atoms with E-state index < -0.39 is 16.1 Å². The molecule has 156 valence electrons. The summed E-state index contributed by atoms with van der Waals surface area (Å²) in [6, 6.07) is 11.5. The van der Waals surface area contributed by atoms with Crippen molar-refractivity contribution in [2.75, 3.05) is 18.0 Å². The van der Waals surface area contributed by atoms with Crippen molar-refractivity contribution in [3.05, 3.63) is 59.2 Å². The van der Waals surface area contributed by atoms with E-state index in [9.17, 15) is 17.6 Å². The minimum Gasteiger partial charge on any atom is -0.444 e. The van der Waals surface area contributed by atoms with Crippen LogP contribution >= 0.6 is 11.3 Å². The number of piperidine rings is 1. The molecule has 5 rings (SSSR count). The molecule has 0 saturated carbocycles. The lowest BCUT2D eigenvalue weighted by Gasteiger charge is -2.39. The number of hydrogen-bond acceptors (Lipinski definition) is 5. The molecule has 6 nitrogen and oxygen atoms in total. The summed E-state index contributed by atoms with van der Waals surface area (Å²) in [5.41, 5.74) is 1.26. The Hall–Kier alpha value is -2.49. The number of halogens is 1. The minimum absolute atomic E-state index is 0.0425. The number of rotatable bonds is 3. The molecule has 0 atom stereocenters. The highest BCUT2D eigenvalue weighted by molar-refractivity contribution is 7.89. The SMILES string of the molecule is O=C1OCc2cc(F)ccc2N1C1CCN(S(=O)(=O)c2csc3ccccc23)CC1. The van der Waals surface area contributed by atoms with Gasteiger partial charge < -0.3 is 4.74 Å². The predicted molar refractivity (Wildman–Crippen MR) is 113 cm³/mol. The fraction of sp³-hybridized carbons (Fsp3) is 0.286. The quantitative estimate of drug-likeness (QED) is 0.600. The van der Waals surface area contributed by atoms with Crippen molar-refractivity contribution in [3.63, 3.8) is 0 Å². The van der Waals surface area contributed by atoms with Gasteiger partial charge in [-0.05, 0) is 37.1 Å². The first-order valence-corrected chi connectivity index (χ1v) is 12.0. The van der Waals surface area contributed by atoms with E-state index in [4.69, 9.17) is 4.74 Å². The molecule has 0 unspecified atom stereocenters. The van der Waals surface area contributed by atoms with Crippen molar-refractivity contribution in [1.29, 1.82) is 0 Å². The third-order valence-electron chi connectivity index (χ3n) is 5.70. The highest BCUT2D eigenvalue weighted by Gasteiger charge is 2.37. The monoisotopic (exact) mass is 446 g/mol. The maximum absolute atomic E-state index is 13.6. The van der Waals surface area contributed by atoms with Gasteiger partial charge in [0.1, 0.15) is 17.3 Å². The van der Waals surface area contributed by atoms with Crippen LogP contribution in [0.1, 0.15) is 18.4 Å². The van der Waals surface area contributed by atoms with Crippen LogP contribution in [0.15, 0.2) is 52.7 Å². The van der Waals surface area contributed by atoms with E-state index in [1.807, 2.05) is 24.3 Å². The minimum atomic E-state index is -3.62. The second kappa shape index (κ2) is 7.33. The van der Waals surface area contributed by atoms with Gasteiger partial charge in [-0.2, -0.15) is 4.31 Å². The molecule has 3 aromatic rings. The summed E-state index contributed by atoms with van der Waals surface area (Å²) in [6.07, 6.45) is 0.486. The van der Waals surface area contributed by atoms with E-state index in [2.05, 4.69) is 0 Å². The van der Waals surface area contributed by atoms with Gasteiger partial charge in [-0.25, -0.2) is 17.6 Å². The van der Waals surface area contributed by atoms with Crippen LogP contribution in [0.5, 0.6) is 0 Å². The van der Waals surface area contributed by atoms with Gasteiger partial charge in [0.25, 0.3) is 0 Å². The smallest absolute Gasteiger partial charge is 0.414 e. The number of ether oxygens (including phenoxy) is 1. The van der Waals surface area contributed by atoms with Crippen LogP contribution in [0.4, 0.5) is 14.9 Å². The normalized spacial score (nSPS) is 18.4. The largest absolute Gasteiger partial charge is 0.444 e. The van der Waals surface area contributed by atoms with E-state index in [0.717, 1.165) is 10.1 Å². The lowest BCUT2D eigenvalue weighted by Crippen LogP contribution is -2.50. The van der Waals surface area contributed by atoms with Gasteiger partial charge >= 0.3 is 6.09 Å². The van der Waals surface area contributed by atoms with Crippen molar-refractivity contribution >= 4 is 43.2 Å². The summed E-state index contributed by atoms with van der Waals surface area (Å²) in [4.78, 5) is 14.3. The van der Waals surface area contributed by atoms with Gasteiger partial charge in [0.2, 0.25) is 10.0 Å². The van der Waals surface area contributed by atoms with Gasteiger partial charge in [0.05, 0.1) is 5.69 Å². The lowest BCUT2D eigenvalue weighted by molar-refractivity contribution is 0.135. The van der Waals surface area contributed by atoms with Gasteiger partial charge in [0, 0.05) is 40.2 Å². The number of nitrogens with zero attached hydrogens (tertiary/aromatic N) is 2. The molecule has 0 aliphatic carbocycles. The Morgan fingerprint density at radius 2 is 1.87 bits per heavy atom. The summed E-state index contributed by atoms with van der Waals surface area (Å²) in [5.74, 6) is -0.379. The van der Waals surface area contributed by atoms with Crippen LogP contribution in [-0.2, 0) is 21.4 Å². The molecule has 1 saturated heterocycles. The van der Waals surface area contributed by atoms with Crippen LogP contribution in [0.25, 0.3) is 10.1 Å². The van der Waals surface area contributed by atoms with E-state index in [-0.39, 0.29) is 18.5 Å². The molecule has 3 heterocycles. The number of benzene rings is 2. The van der Waals surface area contributed by atoms with Crippen molar-refractivity contribution in [1.82, 2.24) is 4.31 Å². The zero-order chi connectivity index (χ0) is 20.9. The average Bonchev–Trinajstić information content (AvgIpc) is 3.19. The van der Waals surface area contributed by atoms with Crippen LogP contribution in [-0.4, -0.2) is 37.9 Å². The summed E-state index contributed by atoms with van der Waals surface area (Å²) >= 11 is 1.42. The zero-order valence-electron chi connectivity index (χ0n) is 16.0. The van der Waals surface area contributed by atoms with E-state index >= 15 is 0 Å². The number of thiophene rings is 1. The molecule has 30 heavy (non-hydrogen) atoms. The zero-order valence-corrected chi connectivity index (χ0v) is 17.6. The number of sulfonamides is 1. The molecule has 9 heteroatoms. The maximum Gasteiger partial charge on any atom is 0.414 e. The number of carbonyl (C=O) groups is 1. The third kappa shape index (κ3) is 3.17. The fourth-order valence-corrected chi connectivity index (χ4v) is 7.13. The molecule has 1 amide bonds. The molecule has 0 spiro atoms. The molecular formula is C21H19FN2O4S2. The number of carbonyl (C=O) groups excluding carboxylic acids is 1. The topological polar surface area (TPSA) is 66.9 Å². The Morgan fingerprint density at radius 1 is 1.10 bits per heavy atom. The Balaban J connectivity index is 1.37. The summed E-state index contributed by atoms with van der Waals surface area (Å²) in [6.45, 7) is 0.649. The summed E-state index contributed by atoms with van der Waals surface area (Å²) < 4.78 is 47.7. The number of hydrogen-bond donors (Lipinski definition) is 0. The molecule has 2 aromatic carbocycles. The Morgan fingerprint density at radius 3 is 2.67 bits per heavy atom. The van der Waals surface area contributed by atoms with Crippen LogP contribution in [0.2, 0.25) is 0 Å². The van der Waals surface area contributed by atoms with Crippen molar-refractivity contribution < 1.29 is 22.3 Å². The molecule has 0 bridgehead atoms. The maximum atomic E-state index is 13.6.